The van der Waals surface area contributed by atoms with Crippen LogP contribution in [-0.4, -0.2) is 9.19 Å². The number of allylic oxidation sites excluding steroid dienone is 1. The molecule has 7 aromatic carbocycles. The van der Waals surface area contributed by atoms with Gasteiger partial charge >= 0.3 is 0 Å². The molecule has 0 saturated carbocycles. The predicted molar refractivity (Wildman–Crippen MR) is 211 cm³/mol. The Kier molecular flexibility index (Phi) is 7.26. The number of benzene rings is 7. The van der Waals surface area contributed by atoms with Crippen LogP contribution in [0, 0.1) is 0 Å². The summed E-state index contributed by atoms with van der Waals surface area (Å²) in [6, 6.07) is 44.0. The molecule has 9 rings (SSSR count). The Morgan fingerprint density at radius 3 is 2.00 bits per heavy atom. The van der Waals surface area contributed by atoms with E-state index in [0.29, 0.717) is 0 Å². The Labute approximate surface area is 292 Å². The fourth-order valence-corrected chi connectivity index (χ4v) is 8.63. The summed E-state index contributed by atoms with van der Waals surface area (Å²) in [5, 5.41) is 8.99. The third-order valence-electron chi connectivity index (χ3n) is 9.66. The molecule has 2 aromatic heterocycles. The summed E-state index contributed by atoms with van der Waals surface area (Å²) < 4.78 is 20.6. The van der Waals surface area contributed by atoms with Crippen molar-refractivity contribution in [1.82, 2.24) is 4.98 Å². The van der Waals surface area contributed by atoms with Crippen LogP contribution in [0.2, 0.25) is 0 Å². The van der Waals surface area contributed by atoms with Crippen LogP contribution in [0.5, 0.6) is 0 Å². The van der Waals surface area contributed by atoms with Crippen molar-refractivity contribution in [3.8, 4) is 22.3 Å². The maximum atomic E-state index is 13.7. The van der Waals surface area contributed by atoms with Crippen LogP contribution >= 0.6 is 0 Å². The molecule has 0 radical (unpaired) electrons. The lowest BCUT2D eigenvalue weighted by Crippen LogP contribution is -1.95. The fraction of sp³-hybridized carbons (Fsp3) is 0.0217. The van der Waals surface area contributed by atoms with Gasteiger partial charge in [0.05, 0.1) is 10.8 Å². The normalized spacial score (nSPS) is 12.5. The lowest BCUT2D eigenvalue weighted by Gasteiger charge is -2.18. The molecule has 2 heterocycles. The largest absolute Gasteiger partial charge is 0.455 e. The number of hydrogen-bond donors (Lipinski definition) is 0. The first-order valence-electron chi connectivity index (χ1n) is 16.7. The molecule has 0 aliphatic rings. The first-order chi connectivity index (χ1) is 24.7. The molecule has 4 heteroatoms. The van der Waals surface area contributed by atoms with Crippen molar-refractivity contribution >= 4 is 77.2 Å². The van der Waals surface area contributed by atoms with Crippen LogP contribution < -0.4 is 0 Å². The molecule has 9 aromatic rings. The lowest BCUT2D eigenvalue weighted by atomic mass is 9.84. The highest BCUT2D eigenvalue weighted by Gasteiger charge is 2.23. The van der Waals surface area contributed by atoms with Crippen molar-refractivity contribution in [2.75, 3.05) is 0 Å². The molecule has 238 valence electrons. The highest BCUT2D eigenvalue weighted by Crippen LogP contribution is 2.49. The van der Waals surface area contributed by atoms with Gasteiger partial charge < -0.3 is 4.42 Å². The van der Waals surface area contributed by atoms with Crippen molar-refractivity contribution in [2.24, 2.45) is 0 Å². The van der Waals surface area contributed by atoms with Crippen LogP contribution in [0.3, 0.4) is 0 Å². The topological polar surface area (TPSA) is 43.1 Å². The number of hydrogen-bond acceptors (Lipinski definition) is 3. The summed E-state index contributed by atoms with van der Waals surface area (Å²) in [6.07, 6.45) is 9.52. The number of rotatable bonds is 6. The van der Waals surface area contributed by atoms with E-state index in [9.17, 15) is 4.21 Å². The van der Waals surface area contributed by atoms with E-state index in [0.717, 1.165) is 97.4 Å². The molecule has 0 saturated heterocycles. The van der Waals surface area contributed by atoms with Gasteiger partial charge in [0.1, 0.15) is 11.2 Å². The zero-order chi connectivity index (χ0) is 33.8. The molecule has 0 N–H and O–H groups in total. The van der Waals surface area contributed by atoms with Crippen molar-refractivity contribution in [1.29, 1.82) is 0 Å². The molecule has 0 aliphatic heterocycles. The van der Waals surface area contributed by atoms with Gasteiger partial charge in [0.2, 0.25) is 0 Å². The molecule has 0 aliphatic carbocycles. The van der Waals surface area contributed by atoms with Crippen molar-refractivity contribution < 1.29 is 8.63 Å². The Hall–Kier alpha value is -6.10. The SMILES string of the molecule is C=Cc1ccc2oc3c(-c4c5ccccc5c(-c5cccc(S(=O)c6ccncc6)c5)c5ccccc45)cc4ccccc4c3c2c1/C=C\C. The Morgan fingerprint density at radius 1 is 0.660 bits per heavy atom. The minimum atomic E-state index is -1.34. The zero-order valence-electron chi connectivity index (χ0n) is 27.4. The standard InChI is InChI=1S/C46H31NO2S/c1-3-12-34-29(4-2)21-22-41-44(34)45-35-16-6-5-13-30(35)28-40(46(45)49-41)43-38-19-9-7-17-36(38)42(37-18-8-10-20-39(37)43)31-14-11-15-33(27-31)50(48)32-23-25-47-26-24-32/h3-28H,2H2,1H3/b12-3-. The van der Waals surface area contributed by atoms with Gasteiger partial charge in [0.25, 0.3) is 0 Å². The van der Waals surface area contributed by atoms with E-state index in [1.54, 1.807) is 12.4 Å². The minimum absolute atomic E-state index is 0.728. The van der Waals surface area contributed by atoms with Crippen molar-refractivity contribution in [2.45, 2.75) is 16.7 Å². The Bertz CT molecular complexity index is 2810. The maximum absolute atomic E-state index is 13.7. The smallest absolute Gasteiger partial charge is 0.143 e. The van der Waals surface area contributed by atoms with Crippen LogP contribution in [0.15, 0.2) is 167 Å². The first-order valence-corrected chi connectivity index (χ1v) is 17.8. The van der Waals surface area contributed by atoms with E-state index >= 15 is 0 Å². The summed E-state index contributed by atoms with van der Waals surface area (Å²) in [5.41, 5.74) is 8.19. The summed E-state index contributed by atoms with van der Waals surface area (Å²) in [7, 11) is -1.34. The van der Waals surface area contributed by atoms with Crippen LogP contribution in [0.25, 0.3) is 88.7 Å². The highest BCUT2D eigenvalue weighted by atomic mass is 32.2. The van der Waals surface area contributed by atoms with E-state index in [1.807, 2.05) is 37.3 Å². The first kappa shape index (κ1) is 30.0. The average molecular weight is 662 g/mol. The van der Waals surface area contributed by atoms with Gasteiger partial charge in [-0.2, -0.15) is 0 Å². The second kappa shape index (κ2) is 12.1. The molecular formula is C46H31NO2S. The summed E-state index contributed by atoms with van der Waals surface area (Å²) in [4.78, 5) is 5.59. The molecular weight excluding hydrogens is 631 g/mol. The van der Waals surface area contributed by atoms with Gasteiger partial charge in [-0.3, -0.25) is 4.98 Å². The van der Waals surface area contributed by atoms with Gasteiger partial charge in [-0.15, -0.1) is 0 Å². The second-order valence-electron chi connectivity index (χ2n) is 12.4. The molecule has 1 unspecified atom stereocenters. The van der Waals surface area contributed by atoms with E-state index in [1.165, 1.54) is 0 Å². The van der Waals surface area contributed by atoms with Crippen LogP contribution in [0.1, 0.15) is 18.1 Å². The summed E-state index contributed by atoms with van der Waals surface area (Å²) in [6.45, 7) is 6.17. The molecule has 50 heavy (non-hydrogen) atoms. The molecule has 0 spiro atoms. The van der Waals surface area contributed by atoms with E-state index in [2.05, 4.69) is 127 Å². The zero-order valence-corrected chi connectivity index (χ0v) is 28.2. The van der Waals surface area contributed by atoms with E-state index < -0.39 is 10.8 Å². The molecule has 3 nitrogen and oxygen atoms in total. The van der Waals surface area contributed by atoms with Gasteiger partial charge in [-0.05, 0) is 97.9 Å². The monoisotopic (exact) mass is 661 g/mol. The molecule has 0 bridgehead atoms. The van der Waals surface area contributed by atoms with Gasteiger partial charge in [0, 0.05) is 44.1 Å². The number of aromatic nitrogens is 1. The average Bonchev–Trinajstić information content (AvgIpc) is 3.57. The van der Waals surface area contributed by atoms with Crippen LogP contribution in [0.4, 0.5) is 0 Å². The number of furan rings is 1. The van der Waals surface area contributed by atoms with Gasteiger partial charge in [0.15, 0.2) is 0 Å². The molecule has 0 fully saturated rings. The third-order valence-corrected chi connectivity index (χ3v) is 11.0. The maximum Gasteiger partial charge on any atom is 0.143 e. The summed E-state index contributed by atoms with van der Waals surface area (Å²) >= 11 is 0. The molecule has 0 amide bonds. The quantitative estimate of drug-likeness (QED) is 0.167. The Morgan fingerprint density at radius 2 is 1.32 bits per heavy atom. The lowest BCUT2D eigenvalue weighted by molar-refractivity contribution is 0.670. The number of pyridine rings is 1. The minimum Gasteiger partial charge on any atom is -0.455 e. The van der Waals surface area contributed by atoms with Crippen LogP contribution in [-0.2, 0) is 10.8 Å². The number of nitrogens with zero attached hydrogens (tertiary/aromatic N) is 1. The van der Waals surface area contributed by atoms with Crippen molar-refractivity contribution in [3.63, 3.8) is 0 Å². The highest BCUT2D eigenvalue weighted by molar-refractivity contribution is 7.85. The third kappa shape index (κ3) is 4.64. The predicted octanol–water partition coefficient (Wildman–Crippen LogP) is 12.6. The van der Waals surface area contributed by atoms with E-state index in [-0.39, 0.29) is 0 Å². The van der Waals surface area contributed by atoms with Gasteiger partial charge in [-0.1, -0.05) is 116 Å². The number of fused-ring (bicyclic) bond motifs is 7. The molecule has 1 atom stereocenters. The van der Waals surface area contributed by atoms with Gasteiger partial charge in [-0.25, -0.2) is 4.21 Å². The van der Waals surface area contributed by atoms with E-state index in [4.69, 9.17) is 4.42 Å². The fourth-order valence-electron chi connectivity index (χ4n) is 7.56. The Balaban J connectivity index is 1.40. The second-order valence-corrected chi connectivity index (χ2v) is 13.9. The summed E-state index contributed by atoms with van der Waals surface area (Å²) in [5.74, 6) is 0. The van der Waals surface area contributed by atoms with Crippen molar-refractivity contribution in [3.05, 3.63) is 164 Å².